The van der Waals surface area contributed by atoms with Crippen molar-refractivity contribution < 1.29 is 13.2 Å². The van der Waals surface area contributed by atoms with E-state index in [1.165, 1.54) is 17.8 Å². The summed E-state index contributed by atoms with van der Waals surface area (Å²) in [6, 6.07) is 9.21. The first-order chi connectivity index (χ1) is 16.1. The van der Waals surface area contributed by atoms with Gasteiger partial charge in [-0.2, -0.15) is 0 Å². The van der Waals surface area contributed by atoms with E-state index in [0.717, 1.165) is 6.08 Å². The molecule has 178 valence electrons. The lowest BCUT2D eigenvalue weighted by molar-refractivity contribution is 0.424. The Morgan fingerprint density at radius 1 is 1.09 bits per heavy atom. The molecule has 1 aromatic heterocycles. The molecule has 2 unspecified atom stereocenters. The summed E-state index contributed by atoms with van der Waals surface area (Å²) in [6.45, 7) is 3.67. The number of allylic oxidation sites excluding steroid dienone is 4. The van der Waals surface area contributed by atoms with Gasteiger partial charge in [0.15, 0.2) is 11.0 Å². The van der Waals surface area contributed by atoms with Gasteiger partial charge in [0.05, 0.1) is 22.3 Å². The van der Waals surface area contributed by atoms with Crippen molar-refractivity contribution in [3.05, 3.63) is 104 Å². The fourth-order valence-corrected chi connectivity index (χ4v) is 5.74. The highest BCUT2D eigenvalue weighted by Crippen LogP contribution is 2.44. The van der Waals surface area contributed by atoms with Gasteiger partial charge in [-0.3, -0.25) is 0 Å². The minimum absolute atomic E-state index is 0.239. The smallest absolute Gasteiger partial charge is 0.169 e. The average molecular weight is 544 g/mol. The number of imidazole rings is 1. The Morgan fingerprint density at radius 2 is 1.85 bits per heavy atom. The summed E-state index contributed by atoms with van der Waals surface area (Å²) in [5.41, 5.74) is 0.671. The lowest BCUT2D eigenvalue weighted by Crippen LogP contribution is -2.28. The molecule has 0 radical (unpaired) electrons. The third-order valence-corrected chi connectivity index (χ3v) is 8.07. The van der Waals surface area contributed by atoms with E-state index in [-0.39, 0.29) is 18.2 Å². The van der Waals surface area contributed by atoms with Crippen LogP contribution < -0.4 is 0 Å². The number of rotatable bonds is 4. The van der Waals surface area contributed by atoms with Gasteiger partial charge in [0.1, 0.15) is 11.6 Å². The number of hydrogen-bond donors (Lipinski definition) is 0. The second-order valence-corrected chi connectivity index (χ2v) is 10.4. The van der Waals surface area contributed by atoms with Gasteiger partial charge in [-0.25, -0.2) is 18.2 Å². The number of halogens is 6. The molecule has 0 saturated carbocycles. The lowest BCUT2D eigenvalue weighted by Gasteiger charge is -2.32. The number of fused-ring (bicyclic) bond motifs is 1. The largest absolute Gasteiger partial charge is 0.316 e. The van der Waals surface area contributed by atoms with Crippen molar-refractivity contribution in [2.24, 2.45) is 0 Å². The summed E-state index contributed by atoms with van der Waals surface area (Å²) in [4.78, 5) is 4.58. The Morgan fingerprint density at radius 3 is 2.56 bits per heavy atom. The van der Waals surface area contributed by atoms with Crippen molar-refractivity contribution in [1.82, 2.24) is 9.55 Å². The molecular weight excluding hydrogens is 524 g/mol. The zero-order valence-corrected chi connectivity index (χ0v) is 21.3. The van der Waals surface area contributed by atoms with E-state index >= 15 is 0 Å². The summed E-state index contributed by atoms with van der Waals surface area (Å²) in [7, 11) is 0. The summed E-state index contributed by atoms with van der Waals surface area (Å²) >= 11 is 19.9. The van der Waals surface area contributed by atoms with Crippen LogP contribution in [-0.4, -0.2) is 9.55 Å². The number of thioether (sulfide) groups is 1. The monoisotopic (exact) mass is 542 g/mol. The average Bonchev–Trinajstić information content (AvgIpc) is 3.23. The summed E-state index contributed by atoms with van der Waals surface area (Å²) in [5, 5.41) is 1.57. The van der Waals surface area contributed by atoms with Gasteiger partial charge < -0.3 is 4.57 Å². The summed E-state index contributed by atoms with van der Waals surface area (Å²) < 4.78 is 45.7. The Bertz CT molecular complexity index is 1280. The molecular formula is C25H20Cl3F3N2S. The molecule has 0 saturated heterocycles. The molecule has 3 aromatic rings. The van der Waals surface area contributed by atoms with E-state index in [0.29, 0.717) is 37.0 Å². The summed E-state index contributed by atoms with van der Waals surface area (Å²) in [6.07, 6.45) is 4.10. The molecule has 0 N–H and O–H groups in total. The van der Waals surface area contributed by atoms with Crippen molar-refractivity contribution in [3.63, 3.8) is 0 Å². The van der Waals surface area contributed by atoms with Crippen LogP contribution in [0.25, 0.3) is 0 Å². The first kappa shape index (κ1) is 25.2. The number of nitrogens with zero attached hydrogens (tertiary/aromatic N) is 2. The van der Waals surface area contributed by atoms with Gasteiger partial charge in [-0.1, -0.05) is 64.8 Å². The molecule has 0 spiro atoms. The third-order valence-electron chi connectivity index (χ3n) is 5.99. The number of benzene rings is 2. The normalized spacial score (nSPS) is 20.6. The lowest BCUT2D eigenvalue weighted by atomic mass is 9.76. The van der Waals surface area contributed by atoms with E-state index in [1.54, 1.807) is 42.6 Å². The molecule has 1 aliphatic rings. The number of hydrogen-bond acceptors (Lipinski definition) is 2. The van der Waals surface area contributed by atoms with Crippen LogP contribution in [0.5, 0.6) is 0 Å². The van der Waals surface area contributed by atoms with Crippen LogP contribution in [0.2, 0.25) is 15.1 Å². The Hall–Kier alpha value is -1.86. The zero-order chi connectivity index (χ0) is 24.6. The van der Waals surface area contributed by atoms with Gasteiger partial charge in [0, 0.05) is 33.9 Å². The van der Waals surface area contributed by atoms with Crippen molar-refractivity contribution in [2.45, 2.75) is 42.6 Å². The highest BCUT2D eigenvalue weighted by Gasteiger charge is 2.37. The van der Waals surface area contributed by atoms with Crippen LogP contribution in [0, 0.1) is 5.82 Å². The first-order valence-electron chi connectivity index (χ1n) is 10.4. The van der Waals surface area contributed by atoms with E-state index in [1.807, 2.05) is 18.4 Å². The molecule has 2 nitrogen and oxygen atoms in total. The molecule has 2 aromatic carbocycles. The minimum Gasteiger partial charge on any atom is -0.316 e. The maximum absolute atomic E-state index is 14.9. The second kappa shape index (κ2) is 10.0. The quantitative estimate of drug-likeness (QED) is 0.305. The molecule has 9 heteroatoms. The second-order valence-electron chi connectivity index (χ2n) is 8.28. The molecule has 0 aliphatic carbocycles. The van der Waals surface area contributed by atoms with Gasteiger partial charge in [-0.15, -0.1) is 0 Å². The molecule has 2 atom stereocenters. The van der Waals surface area contributed by atoms with Gasteiger partial charge in [0.2, 0.25) is 0 Å². The van der Waals surface area contributed by atoms with E-state index in [2.05, 4.69) is 4.98 Å². The third kappa shape index (κ3) is 4.78. The Balaban J connectivity index is 1.84. The Labute approximate surface area is 215 Å². The highest BCUT2D eigenvalue weighted by molar-refractivity contribution is 7.98. The predicted octanol–water partition coefficient (Wildman–Crippen LogP) is 9.25. The standard InChI is InChI=1S/C25H20Cl3F3N2S/c1-14-6-9-21(30)22(31)11-25(2,15-7-8-18(27)19(28)10-15)23-12-32-24(33(14)23)34-13-16-17(26)4-3-5-20(16)29/h3-10,12,14H,11,13H2,1-2H3. The van der Waals surface area contributed by atoms with E-state index in [4.69, 9.17) is 34.8 Å². The van der Waals surface area contributed by atoms with E-state index in [9.17, 15) is 13.2 Å². The molecule has 0 amide bonds. The van der Waals surface area contributed by atoms with Crippen LogP contribution >= 0.6 is 46.6 Å². The first-order valence-corrected chi connectivity index (χ1v) is 12.5. The molecule has 0 fully saturated rings. The fraction of sp³-hybridized carbons (Fsp3) is 0.240. The Kier molecular flexibility index (Phi) is 7.44. The van der Waals surface area contributed by atoms with Crippen LogP contribution in [0.15, 0.2) is 71.6 Å². The van der Waals surface area contributed by atoms with Gasteiger partial charge in [-0.05, 0) is 49.8 Å². The fourth-order valence-electron chi connectivity index (χ4n) is 4.03. The summed E-state index contributed by atoms with van der Waals surface area (Å²) in [5.74, 6) is -1.97. The topological polar surface area (TPSA) is 17.8 Å². The molecule has 2 heterocycles. The zero-order valence-electron chi connectivity index (χ0n) is 18.3. The van der Waals surface area contributed by atoms with Crippen LogP contribution in [0.1, 0.15) is 43.1 Å². The van der Waals surface area contributed by atoms with Crippen LogP contribution in [-0.2, 0) is 11.2 Å². The van der Waals surface area contributed by atoms with Crippen molar-refractivity contribution in [1.29, 1.82) is 0 Å². The SMILES string of the molecule is CC1C=CC(F)=C(F)CC(C)(c2ccc(Cl)c(Cl)c2)c2cnc(SCc3c(F)cccc3Cl)n21. The highest BCUT2D eigenvalue weighted by atomic mass is 35.5. The minimum atomic E-state index is -1.02. The van der Waals surface area contributed by atoms with Gasteiger partial charge in [0.25, 0.3) is 0 Å². The predicted molar refractivity (Wildman–Crippen MR) is 134 cm³/mol. The van der Waals surface area contributed by atoms with Gasteiger partial charge >= 0.3 is 0 Å². The molecule has 34 heavy (non-hydrogen) atoms. The van der Waals surface area contributed by atoms with Crippen molar-refractivity contribution >= 4 is 46.6 Å². The van der Waals surface area contributed by atoms with E-state index < -0.39 is 22.9 Å². The van der Waals surface area contributed by atoms with Crippen LogP contribution in [0.3, 0.4) is 0 Å². The van der Waals surface area contributed by atoms with Crippen molar-refractivity contribution in [2.75, 3.05) is 0 Å². The maximum atomic E-state index is 14.9. The molecule has 0 bridgehead atoms. The van der Waals surface area contributed by atoms with Crippen molar-refractivity contribution in [3.8, 4) is 0 Å². The molecule has 4 rings (SSSR count). The van der Waals surface area contributed by atoms with Crippen LogP contribution in [0.4, 0.5) is 13.2 Å². The maximum Gasteiger partial charge on any atom is 0.169 e. The molecule has 1 aliphatic heterocycles. The number of aromatic nitrogens is 2.